The highest BCUT2D eigenvalue weighted by molar-refractivity contribution is 5.82. The summed E-state index contributed by atoms with van der Waals surface area (Å²) >= 11 is 0. The third-order valence-corrected chi connectivity index (χ3v) is 2.74. The topological polar surface area (TPSA) is 68.5 Å². The average Bonchev–Trinajstić information content (AvgIpc) is 2.98. The van der Waals surface area contributed by atoms with Gasteiger partial charge in [0.1, 0.15) is 11.5 Å². The Hall–Kier alpha value is -2.56. The molecule has 0 aliphatic heterocycles. The fraction of sp³-hybridized carbons (Fsp3) is 0.200. The van der Waals surface area contributed by atoms with E-state index in [1.165, 1.54) is 0 Å². The number of para-hydroxylation sites is 1. The van der Waals surface area contributed by atoms with Crippen LogP contribution in [0.2, 0.25) is 0 Å². The fourth-order valence-electron chi connectivity index (χ4n) is 1.66. The summed E-state index contributed by atoms with van der Waals surface area (Å²) in [6, 6.07) is 10.3. The maximum absolute atomic E-state index is 11.9. The Bertz CT molecular complexity index is 577. The lowest BCUT2D eigenvalue weighted by molar-refractivity contribution is -0.127. The predicted molar refractivity (Wildman–Crippen MR) is 72.5 cm³/mol. The van der Waals surface area contributed by atoms with Crippen molar-refractivity contribution in [2.45, 2.75) is 19.6 Å². The molecule has 5 nitrogen and oxygen atoms in total. The normalized spacial score (nSPS) is 11.7. The van der Waals surface area contributed by atoms with Crippen LogP contribution in [0.25, 0.3) is 0 Å². The van der Waals surface area contributed by atoms with Crippen LogP contribution in [-0.2, 0) is 11.3 Å². The minimum Gasteiger partial charge on any atom is -0.480 e. The van der Waals surface area contributed by atoms with Gasteiger partial charge in [-0.2, -0.15) is 0 Å². The average molecular weight is 273 g/mol. The lowest BCUT2D eigenvalue weighted by atomic mass is 10.2. The minimum atomic E-state index is -0.703. The van der Waals surface area contributed by atoms with E-state index in [0.29, 0.717) is 29.9 Å². The second-order valence-electron chi connectivity index (χ2n) is 4.21. The molecule has 0 spiro atoms. The van der Waals surface area contributed by atoms with E-state index in [1.807, 2.05) is 0 Å². The van der Waals surface area contributed by atoms with Crippen molar-refractivity contribution in [1.29, 1.82) is 0 Å². The molecule has 1 amide bonds. The molecule has 1 atom stereocenters. The van der Waals surface area contributed by atoms with Crippen LogP contribution in [0.3, 0.4) is 0 Å². The number of aldehydes is 1. The molecule has 0 saturated heterocycles. The summed E-state index contributed by atoms with van der Waals surface area (Å²) in [7, 11) is 0. The van der Waals surface area contributed by atoms with Crippen molar-refractivity contribution < 1.29 is 18.7 Å². The van der Waals surface area contributed by atoms with Gasteiger partial charge in [0.15, 0.2) is 12.4 Å². The summed E-state index contributed by atoms with van der Waals surface area (Å²) in [6.45, 7) is 1.92. The van der Waals surface area contributed by atoms with Gasteiger partial charge in [-0.25, -0.2) is 0 Å². The molecule has 2 rings (SSSR count). The number of carbonyl (C=O) groups excluding carboxylic acids is 2. The van der Waals surface area contributed by atoms with E-state index in [2.05, 4.69) is 5.32 Å². The van der Waals surface area contributed by atoms with Gasteiger partial charge in [-0.3, -0.25) is 9.59 Å². The van der Waals surface area contributed by atoms with Crippen LogP contribution in [0, 0.1) is 0 Å². The molecule has 1 aromatic heterocycles. The molecule has 0 bridgehead atoms. The van der Waals surface area contributed by atoms with Crippen LogP contribution >= 0.6 is 0 Å². The maximum atomic E-state index is 11.9. The number of nitrogens with one attached hydrogen (secondary N) is 1. The van der Waals surface area contributed by atoms with Gasteiger partial charge in [0.05, 0.1) is 18.4 Å². The largest absolute Gasteiger partial charge is 0.480 e. The van der Waals surface area contributed by atoms with Crippen LogP contribution < -0.4 is 10.1 Å². The smallest absolute Gasteiger partial charge is 0.261 e. The molecule has 2 aromatic rings. The molecule has 0 fully saturated rings. The molecule has 1 heterocycles. The highest BCUT2D eigenvalue weighted by Gasteiger charge is 2.16. The minimum absolute atomic E-state index is 0.276. The second kappa shape index (κ2) is 6.56. The van der Waals surface area contributed by atoms with E-state index >= 15 is 0 Å². The first-order valence-electron chi connectivity index (χ1n) is 6.21. The number of benzene rings is 1. The van der Waals surface area contributed by atoms with E-state index in [9.17, 15) is 9.59 Å². The molecular formula is C15H15NO4. The van der Waals surface area contributed by atoms with Gasteiger partial charge in [0.25, 0.3) is 5.91 Å². The van der Waals surface area contributed by atoms with Crippen molar-refractivity contribution in [3.05, 3.63) is 54.0 Å². The number of rotatable bonds is 6. The second-order valence-corrected chi connectivity index (χ2v) is 4.21. The predicted octanol–water partition coefficient (Wildman–Crippen LogP) is 2.18. The van der Waals surface area contributed by atoms with E-state index in [-0.39, 0.29) is 5.91 Å². The summed E-state index contributed by atoms with van der Waals surface area (Å²) in [5.41, 5.74) is 0.415. The fourth-order valence-corrected chi connectivity index (χ4v) is 1.66. The molecule has 0 saturated carbocycles. The van der Waals surface area contributed by atoms with Crippen molar-refractivity contribution >= 4 is 12.2 Å². The van der Waals surface area contributed by atoms with Crippen molar-refractivity contribution in [2.24, 2.45) is 0 Å². The molecule has 0 aliphatic carbocycles. The molecule has 104 valence electrons. The standard InChI is InChI=1S/C15H15NO4/c1-11(15(18)16-9-13-6-4-8-19-13)20-14-7-3-2-5-12(14)10-17/h2-8,10-11H,9H2,1H3,(H,16,18). The summed E-state index contributed by atoms with van der Waals surface area (Å²) in [5, 5.41) is 2.70. The molecule has 0 aliphatic rings. The molecule has 5 heteroatoms. The first-order valence-corrected chi connectivity index (χ1v) is 6.21. The van der Waals surface area contributed by atoms with Gasteiger partial charge >= 0.3 is 0 Å². The number of hydrogen-bond donors (Lipinski definition) is 1. The first-order chi connectivity index (χ1) is 9.70. The SMILES string of the molecule is CC(Oc1ccccc1C=O)C(=O)NCc1ccco1. The Morgan fingerprint density at radius 1 is 1.35 bits per heavy atom. The molecule has 1 aromatic carbocycles. The van der Waals surface area contributed by atoms with Crippen LogP contribution in [0.4, 0.5) is 0 Å². The molecule has 20 heavy (non-hydrogen) atoms. The monoisotopic (exact) mass is 273 g/mol. The van der Waals surface area contributed by atoms with Crippen molar-refractivity contribution in [2.75, 3.05) is 0 Å². The van der Waals surface area contributed by atoms with Gasteiger partial charge in [-0.15, -0.1) is 0 Å². The third kappa shape index (κ3) is 3.47. The Morgan fingerprint density at radius 2 is 2.15 bits per heavy atom. The van der Waals surface area contributed by atoms with Gasteiger partial charge in [-0.1, -0.05) is 12.1 Å². The molecule has 0 radical (unpaired) electrons. The quantitative estimate of drug-likeness (QED) is 0.819. The van der Waals surface area contributed by atoms with Gasteiger partial charge in [-0.05, 0) is 31.2 Å². The number of hydrogen-bond acceptors (Lipinski definition) is 4. The molecular weight excluding hydrogens is 258 g/mol. The number of amides is 1. The van der Waals surface area contributed by atoms with Crippen LogP contribution in [0.15, 0.2) is 47.1 Å². The number of furan rings is 1. The highest BCUT2D eigenvalue weighted by atomic mass is 16.5. The number of ether oxygens (including phenoxy) is 1. The van der Waals surface area contributed by atoms with Gasteiger partial charge < -0.3 is 14.5 Å². The zero-order valence-electron chi connectivity index (χ0n) is 11.0. The van der Waals surface area contributed by atoms with E-state index in [0.717, 1.165) is 0 Å². The van der Waals surface area contributed by atoms with Crippen molar-refractivity contribution in [3.8, 4) is 5.75 Å². The summed E-state index contributed by atoms with van der Waals surface area (Å²) in [6.07, 6.45) is 1.54. The van der Waals surface area contributed by atoms with Gasteiger partial charge in [0, 0.05) is 0 Å². The Balaban J connectivity index is 1.92. The Labute approximate surface area is 116 Å². The summed E-state index contributed by atoms with van der Waals surface area (Å²) in [5.74, 6) is 0.782. The van der Waals surface area contributed by atoms with Crippen molar-refractivity contribution in [3.63, 3.8) is 0 Å². The zero-order chi connectivity index (χ0) is 14.4. The first kappa shape index (κ1) is 13.9. The maximum Gasteiger partial charge on any atom is 0.261 e. The van der Waals surface area contributed by atoms with E-state index in [4.69, 9.17) is 9.15 Å². The van der Waals surface area contributed by atoms with E-state index < -0.39 is 6.10 Å². The van der Waals surface area contributed by atoms with Crippen LogP contribution in [0.1, 0.15) is 23.0 Å². The summed E-state index contributed by atoms with van der Waals surface area (Å²) in [4.78, 5) is 22.7. The number of carbonyl (C=O) groups is 2. The lowest BCUT2D eigenvalue weighted by Gasteiger charge is -2.15. The summed E-state index contributed by atoms with van der Waals surface area (Å²) < 4.78 is 10.6. The van der Waals surface area contributed by atoms with E-state index in [1.54, 1.807) is 49.6 Å². The molecule has 1 N–H and O–H groups in total. The Morgan fingerprint density at radius 3 is 2.85 bits per heavy atom. The van der Waals surface area contributed by atoms with Gasteiger partial charge in [0.2, 0.25) is 0 Å². The zero-order valence-corrected chi connectivity index (χ0v) is 11.0. The van der Waals surface area contributed by atoms with Crippen LogP contribution in [0.5, 0.6) is 5.75 Å². The van der Waals surface area contributed by atoms with Crippen LogP contribution in [-0.4, -0.2) is 18.3 Å². The lowest BCUT2D eigenvalue weighted by Crippen LogP contribution is -2.36. The van der Waals surface area contributed by atoms with Crippen molar-refractivity contribution in [1.82, 2.24) is 5.32 Å². The molecule has 1 unspecified atom stereocenters. The Kier molecular flexibility index (Phi) is 4.55. The third-order valence-electron chi connectivity index (χ3n) is 2.74. The highest BCUT2D eigenvalue weighted by Crippen LogP contribution is 2.17.